The Balaban J connectivity index is 1.75. The summed E-state index contributed by atoms with van der Waals surface area (Å²) in [4.78, 5) is 31.9. The predicted octanol–water partition coefficient (Wildman–Crippen LogP) is 3.94. The van der Waals surface area contributed by atoms with E-state index in [2.05, 4.69) is 5.16 Å². The van der Waals surface area contributed by atoms with Crippen molar-refractivity contribution in [1.82, 2.24) is 0 Å². The maximum atomic E-state index is 12.9. The number of anilines is 1. The molecule has 0 saturated carbocycles. The lowest BCUT2D eigenvalue weighted by Gasteiger charge is -2.17. The summed E-state index contributed by atoms with van der Waals surface area (Å²) in [6.07, 6.45) is -1.02. The van der Waals surface area contributed by atoms with Gasteiger partial charge in [0.15, 0.2) is 0 Å². The molecule has 2 aromatic carbocycles. The summed E-state index contributed by atoms with van der Waals surface area (Å²) in [6, 6.07) is 11.5. The number of benzene rings is 2. The highest BCUT2D eigenvalue weighted by Gasteiger charge is 2.56. The fourth-order valence-corrected chi connectivity index (χ4v) is 3.69. The molecule has 2 aliphatic heterocycles. The number of hydrogen-bond acceptors (Lipinski definition) is 4. The molecule has 4 rings (SSSR count). The van der Waals surface area contributed by atoms with Crippen molar-refractivity contribution in [2.75, 3.05) is 4.90 Å². The first-order chi connectivity index (χ1) is 12.0. The van der Waals surface area contributed by atoms with Crippen molar-refractivity contribution >= 4 is 58.0 Å². The van der Waals surface area contributed by atoms with Gasteiger partial charge in [0.2, 0.25) is 12.0 Å². The average molecular weight is 396 g/mol. The van der Waals surface area contributed by atoms with Crippen LogP contribution in [0.25, 0.3) is 0 Å². The SMILES string of the molecule is O=C1[C@H]2C(c3ccccc3Cl)=NO[C@H]2C(=O)N1c1ccc(Cl)cc1Cl. The minimum Gasteiger partial charge on any atom is -0.381 e. The zero-order valence-electron chi connectivity index (χ0n) is 12.4. The van der Waals surface area contributed by atoms with E-state index in [1.807, 2.05) is 0 Å². The molecule has 0 bridgehead atoms. The maximum Gasteiger partial charge on any atom is 0.279 e. The first-order valence-corrected chi connectivity index (χ1v) is 8.44. The minimum absolute atomic E-state index is 0.199. The standard InChI is InChI=1S/C17H9Cl3N2O3/c18-8-5-6-12(11(20)7-8)22-16(23)13-14(21-25-15(13)17(22)24)9-3-1-2-4-10(9)19/h1-7,13,15H/t13-,15+/m0/s1. The first kappa shape index (κ1) is 16.4. The number of carbonyl (C=O) groups excluding carboxylic acids is 2. The van der Waals surface area contributed by atoms with Gasteiger partial charge in [0.25, 0.3) is 5.91 Å². The van der Waals surface area contributed by atoms with Gasteiger partial charge in [-0.25, -0.2) is 4.90 Å². The van der Waals surface area contributed by atoms with Crippen molar-refractivity contribution in [3.63, 3.8) is 0 Å². The van der Waals surface area contributed by atoms with E-state index < -0.39 is 23.8 Å². The van der Waals surface area contributed by atoms with E-state index in [0.717, 1.165) is 4.90 Å². The molecule has 2 aliphatic rings. The molecule has 2 heterocycles. The van der Waals surface area contributed by atoms with Gasteiger partial charge in [0.05, 0.1) is 10.7 Å². The van der Waals surface area contributed by atoms with Gasteiger partial charge in [-0.2, -0.15) is 0 Å². The Morgan fingerprint density at radius 2 is 1.72 bits per heavy atom. The van der Waals surface area contributed by atoms with Gasteiger partial charge in [0, 0.05) is 15.6 Å². The number of nitrogens with zero attached hydrogens (tertiary/aromatic N) is 2. The number of hydrogen-bond donors (Lipinski definition) is 0. The minimum atomic E-state index is -1.02. The van der Waals surface area contributed by atoms with Crippen LogP contribution < -0.4 is 4.90 Å². The van der Waals surface area contributed by atoms with Crippen LogP contribution in [0.5, 0.6) is 0 Å². The molecular weight excluding hydrogens is 387 g/mol. The summed E-state index contributed by atoms with van der Waals surface area (Å²) in [7, 11) is 0. The molecule has 1 saturated heterocycles. The van der Waals surface area contributed by atoms with E-state index in [1.54, 1.807) is 30.3 Å². The molecule has 2 amide bonds. The zero-order chi connectivity index (χ0) is 17.7. The van der Waals surface area contributed by atoms with Crippen LogP contribution in [0.2, 0.25) is 15.1 Å². The summed E-state index contributed by atoms with van der Waals surface area (Å²) in [5, 5.41) is 4.96. The van der Waals surface area contributed by atoms with Crippen molar-refractivity contribution in [3.8, 4) is 0 Å². The van der Waals surface area contributed by atoms with Gasteiger partial charge >= 0.3 is 0 Å². The second-order valence-corrected chi connectivity index (χ2v) is 6.82. The van der Waals surface area contributed by atoms with Crippen LogP contribution >= 0.6 is 34.8 Å². The van der Waals surface area contributed by atoms with Gasteiger partial charge in [-0.05, 0) is 24.3 Å². The quantitative estimate of drug-likeness (QED) is 0.724. The molecule has 8 heteroatoms. The Bertz CT molecular complexity index is 944. The van der Waals surface area contributed by atoms with Crippen molar-refractivity contribution in [1.29, 1.82) is 0 Å². The fraction of sp³-hybridized carbons (Fsp3) is 0.118. The van der Waals surface area contributed by atoms with Crippen LogP contribution in [0, 0.1) is 5.92 Å². The summed E-state index contributed by atoms with van der Waals surface area (Å²) in [5.41, 5.74) is 1.15. The second-order valence-electron chi connectivity index (χ2n) is 5.57. The Hall–Kier alpha value is -2.08. The molecule has 0 radical (unpaired) electrons. The Morgan fingerprint density at radius 1 is 0.960 bits per heavy atom. The molecule has 0 aliphatic carbocycles. The van der Waals surface area contributed by atoms with Crippen LogP contribution in [0.1, 0.15) is 5.56 Å². The third-order valence-electron chi connectivity index (χ3n) is 4.11. The third kappa shape index (κ3) is 2.51. The zero-order valence-corrected chi connectivity index (χ0v) is 14.7. The smallest absolute Gasteiger partial charge is 0.279 e. The molecule has 0 spiro atoms. The lowest BCUT2D eigenvalue weighted by atomic mass is 9.94. The van der Waals surface area contributed by atoms with Crippen LogP contribution in [0.3, 0.4) is 0 Å². The van der Waals surface area contributed by atoms with Crippen LogP contribution in [-0.2, 0) is 14.4 Å². The number of fused-ring (bicyclic) bond motifs is 1. The van der Waals surface area contributed by atoms with Gasteiger partial charge in [-0.15, -0.1) is 0 Å². The van der Waals surface area contributed by atoms with Crippen LogP contribution in [0.15, 0.2) is 47.6 Å². The number of amides is 2. The van der Waals surface area contributed by atoms with E-state index >= 15 is 0 Å². The van der Waals surface area contributed by atoms with E-state index in [4.69, 9.17) is 39.6 Å². The highest BCUT2D eigenvalue weighted by atomic mass is 35.5. The lowest BCUT2D eigenvalue weighted by molar-refractivity contribution is -0.126. The summed E-state index contributed by atoms with van der Waals surface area (Å²) in [6.45, 7) is 0. The largest absolute Gasteiger partial charge is 0.381 e. The maximum absolute atomic E-state index is 12.9. The first-order valence-electron chi connectivity index (χ1n) is 7.30. The molecule has 0 N–H and O–H groups in total. The number of carbonyl (C=O) groups is 2. The number of rotatable bonds is 2. The number of imide groups is 1. The van der Waals surface area contributed by atoms with E-state index in [1.165, 1.54) is 12.1 Å². The van der Waals surface area contributed by atoms with Gasteiger partial charge in [-0.3, -0.25) is 9.59 Å². The summed E-state index contributed by atoms with van der Waals surface area (Å²) in [5.74, 6) is -1.85. The third-order valence-corrected chi connectivity index (χ3v) is 4.98. The topological polar surface area (TPSA) is 59.0 Å². The fourth-order valence-electron chi connectivity index (χ4n) is 2.97. The van der Waals surface area contributed by atoms with Gasteiger partial charge in [-0.1, -0.05) is 58.2 Å². The molecule has 126 valence electrons. The Kier molecular flexibility index (Phi) is 3.95. The van der Waals surface area contributed by atoms with E-state index in [9.17, 15) is 9.59 Å². The molecule has 5 nitrogen and oxygen atoms in total. The monoisotopic (exact) mass is 394 g/mol. The average Bonchev–Trinajstić information content (AvgIpc) is 3.10. The van der Waals surface area contributed by atoms with Gasteiger partial charge in [0.1, 0.15) is 11.6 Å². The van der Waals surface area contributed by atoms with Crippen molar-refractivity contribution in [2.24, 2.45) is 11.1 Å². The Morgan fingerprint density at radius 3 is 2.44 bits per heavy atom. The number of oxime groups is 1. The molecule has 1 fully saturated rings. The van der Waals surface area contributed by atoms with E-state index in [-0.39, 0.29) is 10.7 Å². The summed E-state index contributed by atoms with van der Waals surface area (Å²) < 4.78 is 0. The summed E-state index contributed by atoms with van der Waals surface area (Å²) >= 11 is 18.2. The van der Waals surface area contributed by atoms with E-state index in [0.29, 0.717) is 21.3 Å². The molecule has 2 atom stereocenters. The van der Waals surface area contributed by atoms with Crippen molar-refractivity contribution < 1.29 is 14.4 Å². The van der Waals surface area contributed by atoms with Crippen molar-refractivity contribution in [2.45, 2.75) is 6.10 Å². The normalized spacial score (nSPS) is 22.0. The molecule has 25 heavy (non-hydrogen) atoms. The van der Waals surface area contributed by atoms with Crippen molar-refractivity contribution in [3.05, 3.63) is 63.1 Å². The van der Waals surface area contributed by atoms with Crippen LogP contribution in [-0.4, -0.2) is 23.6 Å². The van der Waals surface area contributed by atoms with Gasteiger partial charge < -0.3 is 4.84 Å². The highest BCUT2D eigenvalue weighted by molar-refractivity contribution is 6.41. The lowest BCUT2D eigenvalue weighted by Crippen LogP contribution is -2.33. The Labute approximate surface area is 157 Å². The molecule has 0 unspecified atom stereocenters. The molecular formula is C17H9Cl3N2O3. The predicted molar refractivity (Wildman–Crippen MR) is 95.3 cm³/mol. The number of halogens is 3. The highest BCUT2D eigenvalue weighted by Crippen LogP contribution is 2.39. The molecule has 0 aromatic heterocycles. The van der Waals surface area contributed by atoms with Crippen LogP contribution in [0.4, 0.5) is 5.69 Å². The molecule has 2 aromatic rings. The second kappa shape index (κ2) is 6.02.